The van der Waals surface area contributed by atoms with E-state index in [1.54, 1.807) is 19.0 Å². The van der Waals surface area contributed by atoms with Crippen molar-refractivity contribution in [3.05, 3.63) is 106 Å². The van der Waals surface area contributed by atoms with Gasteiger partial charge in [-0.15, -0.1) is 0 Å². The number of piperidine rings is 1. The number of carbonyl (C=O) groups is 1. The summed E-state index contributed by atoms with van der Waals surface area (Å²) in [4.78, 5) is 16.7. The van der Waals surface area contributed by atoms with Crippen molar-refractivity contribution in [1.82, 2.24) is 9.80 Å². The Morgan fingerprint density at radius 3 is 2.51 bits per heavy atom. The minimum atomic E-state index is -0.800. The van der Waals surface area contributed by atoms with E-state index in [1.807, 2.05) is 48.5 Å². The Kier molecular flexibility index (Phi) is 7.38. The zero-order valence-electron chi connectivity index (χ0n) is 21.4. The number of nitrogens with zero attached hydrogens (tertiary/aromatic N) is 2. The van der Waals surface area contributed by atoms with Crippen molar-refractivity contribution in [2.75, 3.05) is 33.7 Å². The molecular weight excluding hydrogens is 484 g/mol. The molecule has 2 aliphatic rings. The summed E-state index contributed by atoms with van der Waals surface area (Å²) in [5.74, 6) is 0.768. The van der Waals surface area contributed by atoms with Crippen molar-refractivity contribution >= 4 is 23.1 Å². The van der Waals surface area contributed by atoms with E-state index >= 15 is 0 Å². The minimum absolute atomic E-state index is 0.0267. The van der Waals surface area contributed by atoms with Gasteiger partial charge in [0.1, 0.15) is 12.4 Å². The number of halogens is 1. The average Bonchev–Trinajstić information content (AvgIpc) is 3.06. The van der Waals surface area contributed by atoms with Gasteiger partial charge in [0.05, 0.1) is 5.60 Å². The summed E-state index contributed by atoms with van der Waals surface area (Å²) in [6.45, 7) is 3.06. The van der Waals surface area contributed by atoms with E-state index in [2.05, 4.69) is 29.2 Å². The molecule has 1 fully saturated rings. The molecule has 37 heavy (non-hydrogen) atoms. The molecule has 0 saturated carbocycles. The molecule has 1 amide bonds. The summed E-state index contributed by atoms with van der Waals surface area (Å²) < 4.78 is 6.16. The fourth-order valence-corrected chi connectivity index (χ4v) is 5.40. The second-order valence-corrected chi connectivity index (χ2v) is 10.6. The van der Waals surface area contributed by atoms with Crippen LogP contribution in [0.1, 0.15) is 51.9 Å². The molecule has 0 bridgehead atoms. The standard InChI is InChI=1S/C31H33ClN2O3/c1-33(2)30(35)22-9-14-29-28(20-22)27(26-7-4-3-6-23(26)21-37-29)8-5-17-34-18-15-31(36,16-19-34)24-10-12-25(32)13-11-24/h3-4,6-14,20,36H,5,15-19,21H2,1-2H3. The van der Waals surface area contributed by atoms with Gasteiger partial charge >= 0.3 is 0 Å². The topological polar surface area (TPSA) is 53.0 Å². The molecule has 0 unspecified atom stereocenters. The van der Waals surface area contributed by atoms with E-state index in [4.69, 9.17) is 16.3 Å². The van der Waals surface area contributed by atoms with Crippen LogP contribution in [0, 0.1) is 0 Å². The van der Waals surface area contributed by atoms with Gasteiger partial charge < -0.3 is 19.6 Å². The lowest BCUT2D eigenvalue weighted by Gasteiger charge is -2.38. The van der Waals surface area contributed by atoms with Crippen LogP contribution in [0.4, 0.5) is 0 Å². The fraction of sp³-hybridized carbons (Fsp3) is 0.323. The van der Waals surface area contributed by atoms with E-state index in [9.17, 15) is 9.90 Å². The van der Waals surface area contributed by atoms with Crippen LogP contribution in [0.3, 0.4) is 0 Å². The Morgan fingerprint density at radius 1 is 1.05 bits per heavy atom. The summed E-state index contributed by atoms with van der Waals surface area (Å²) in [5, 5.41) is 11.9. The first kappa shape index (κ1) is 25.5. The Morgan fingerprint density at radius 2 is 1.78 bits per heavy atom. The van der Waals surface area contributed by atoms with Crippen LogP contribution in [0.15, 0.2) is 72.8 Å². The van der Waals surface area contributed by atoms with Gasteiger partial charge in [0.25, 0.3) is 5.91 Å². The number of rotatable bonds is 5. The Hall–Kier alpha value is -3.12. The number of carbonyl (C=O) groups excluding carboxylic acids is 1. The van der Waals surface area contributed by atoms with E-state index in [1.165, 1.54) is 0 Å². The molecule has 2 aliphatic heterocycles. The van der Waals surface area contributed by atoms with E-state index in [0.29, 0.717) is 30.0 Å². The zero-order chi connectivity index (χ0) is 26.0. The lowest BCUT2D eigenvalue weighted by molar-refractivity contribution is -0.0254. The summed E-state index contributed by atoms with van der Waals surface area (Å²) in [5.41, 5.74) is 5.12. The molecule has 1 N–H and O–H groups in total. The van der Waals surface area contributed by atoms with Gasteiger partial charge in [-0.05, 0) is 71.9 Å². The molecule has 0 spiro atoms. The van der Waals surface area contributed by atoms with Gasteiger partial charge in [-0.3, -0.25) is 4.79 Å². The van der Waals surface area contributed by atoms with Crippen LogP contribution >= 0.6 is 11.6 Å². The van der Waals surface area contributed by atoms with E-state index in [0.717, 1.165) is 59.6 Å². The molecule has 1 saturated heterocycles. The van der Waals surface area contributed by atoms with Crippen molar-refractivity contribution in [2.45, 2.75) is 31.5 Å². The average molecular weight is 517 g/mol. The molecule has 0 aliphatic carbocycles. The highest BCUT2D eigenvalue weighted by molar-refractivity contribution is 6.30. The van der Waals surface area contributed by atoms with Crippen molar-refractivity contribution in [3.8, 4) is 5.75 Å². The maximum Gasteiger partial charge on any atom is 0.253 e. The third-order valence-electron chi connectivity index (χ3n) is 7.47. The predicted octanol–water partition coefficient (Wildman–Crippen LogP) is 5.74. The number of likely N-dealkylation sites (tertiary alicyclic amines) is 1. The highest BCUT2D eigenvalue weighted by Crippen LogP contribution is 2.38. The number of hydrogen-bond donors (Lipinski definition) is 1. The molecule has 2 heterocycles. The summed E-state index contributed by atoms with van der Waals surface area (Å²) >= 11 is 6.03. The fourth-order valence-electron chi connectivity index (χ4n) is 5.27. The first-order valence-corrected chi connectivity index (χ1v) is 13.2. The van der Waals surface area contributed by atoms with Crippen LogP contribution in [0.2, 0.25) is 5.02 Å². The summed E-state index contributed by atoms with van der Waals surface area (Å²) in [7, 11) is 3.53. The summed E-state index contributed by atoms with van der Waals surface area (Å²) in [6, 6.07) is 21.6. The number of hydrogen-bond acceptors (Lipinski definition) is 4. The second-order valence-electron chi connectivity index (χ2n) is 10.1. The zero-order valence-corrected chi connectivity index (χ0v) is 22.2. The van der Waals surface area contributed by atoms with Gasteiger partial charge in [0.15, 0.2) is 0 Å². The predicted molar refractivity (Wildman–Crippen MR) is 148 cm³/mol. The van der Waals surface area contributed by atoms with E-state index in [-0.39, 0.29) is 5.91 Å². The number of ether oxygens (including phenoxy) is 1. The van der Waals surface area contributed by atoms with Gasteiger partial charge in [-0.2, -0.15) is 0 Å². The van der Waals surface area contributed by atoms with Crippen molar-refractivity contribution in [1.29, 1.82) is 0 Å². The molecule has 3 aromatic rings. The second kappa shape index (κ2) is 10.7. The molecule has 3 aromatic carbocycles. The number of aliphatic hydroxyl groups is 1. The molecule has 0 atom stereocenters. The van der Waals surface area contributed by atoms with Gasteiger partial charge in [0, 0.05) is 49.9 Å². The van der Waals surface area contributed by atoms with Crippen molar-refractivity contribution < 1.29 is 14.6 Å². The quantitative estimate of drug-likeness (QED) is 0.470. The Labute approximate surface area is 223 Å². The highest BCUT2D eigenvalue weighted by atomic mass is 35.5. The van der Waals surface area contributed by atoms with Crippen LogP contribution in [0.25, 0.3) is 5.57 Å². The minimum Gasteiger partial charge on any atom is -0.488 e. The summed E-state index contributed by atoms with van der Waals surface area (Å²) in [6.07, 6.45) is 4.52. The van der Waals surface area contributed by atoms with E-state index < -0.39 is 5.60 Å². The molecule has 0 aromatic heterocycles. The molecule has 5 nitrogen and oxygen atoms in total. The lowest BCUT2D eigenvalue weighted by atomic mass is 9.84. The van der Waals surface area contributed by atoms with Crippen molar-refractivity contribution in [2.24, 2.45) is 0 Å². The Bertz CT molecular complexity index is 1310. The Balaban J connectivity index is 1.35. The SMILES string of the molecule is CN(C)C(=O)c1ccc2c(c1)C(=CCCN1CCC(O)(c3ccc(Cl)cc3)CC1)c1ccccc1CO2. The normalized spacial score (nSPS) is 17.9. The van der Waals surface area contributed by atoms with Crippen LogP contribution in [-0.4, -0.2) is 54.5 Å². The molecule has 6 heteroatoms. The van der Waals surface area contributed by atoms with Crippen LogP contribution < -0.4 is 4.74 Å². The largest absolute Gasteiger partial charge is 0.488 e. The third kappa shape index (κ3) is 5.45. The number of amides is 1. The number of benzene rings is 3. The monoisotopic (exact) mass is 516 g/mol. The van der Waals surface area contributed by atoms with Crippen molar-refractivity contribution in [3.63, 3.8) is 0 Å². The smallest absolute Gasteiger partial charge is 0.253 e. The maximum atomic E-state index is 12.7. The first-order valence-electron chi connectivity index (χ1n) is 12.8. The van der Waals surface area contributed by atoms with Gasteiger partial charge in [-0.25, -0.2) is 0 Å². The lowest BCUT2D eigenvalue weighted by Crippen LogP contribution is -2.42. The molecule has 5 rings (SSSR count). The number of fused-ring (bicyclic) bond motifs is 2. The first-order chi connectivity index (χ1) is 17.8. The van der Waals surface area contributed by atoms with Crippen LogP contribution in [0.5, 0.6) is 5.75 Å². The highest BCUT2D eigenvalue weighted by Gasteiger charge is 2.33. The maximum absolute atomic E-state index is 12.7. The van der Waals surface area contributed by atoms with Gasteiger partial charge in [0.2, 0.25) is 0 Å². The van der Waals surface area contributed by atoms with Crippen LogP contribution in [-0.2, 0) is 12.2 Å². The molecular formula is C31H33ClN2O3. The molecule has 0 radical (unpaired) electrons. The molecule has 192 valence electrons. The van der Waals surface area contributed by atoms with Gasteiger partial charge in [-0.1, -0.05) is 54.1 Å². The third-order valence-corrected chi connectivity index (χ3v) is 7.72.